The molecule has 80 valence electrons. The van der Waals surface area contributed by atoms with Gasteiger partial charge in [0.25, 0.3) is 0 Å². The maximum atomic E-state index is 9.54. The van der Waals surface area contributed by atoms with Gasteiger partial charge >= 0.3 is 0 Å². The summed E-state index contributed by atoms with van der Waals surface area (Å²) in [5, 5.41) is 17.5. The fraction of sp³-hybridized carbons (Fsp3) is 0. The first-order valence-electron chi connectivity index (χ1n) is 4.81. The van der Waals surface area contributed by atoms with Crippen LogP contribution in [0.3, 0.4) is 0 Å². The number of anilines is 1. The average molecular weight is 213 g/mol. The van der Waals surface area contributed by atoms with Gasteiger partial charge in [-0.15, -0.1) is 5.11 Å². The van der Waals surface area contributed by atoms with Crippen molar-refractivity contribution in [2.45, 2.75) is 0 Å². The van der Waals surface area contributed by atoms with Crippen LogP contribution in [0.25, 0.3) is 0 Å². The van der Waals surface area contributed by atoms with Crippen molar-refractivity contribution in [1.29, 1.82) is 0 Å². The summed E-state index contributed by atoms with van der Waals surface area (Å²) < 4.78 is 0. The SMILES string of the molecule is Nc1ccc(N=Nc2ccccc2)c(O)c1. The molecule has 0 aliphatic rings. The maximum Gasteiger partial charge on any atom is 0.145 e. The molecular formula is C12H11N3O. The standard InChI is InChI=1S/C12H11N3O/c13-9-6-7-11(12(16)8-9)15-14-10-4-2-1-3-5-10/h1-8,16H,13H2. The van der Waals surface area contributed by atoms with Gasteiger partial charge in [-0.3, -0.25) is 0 Å². The molecule has 0 amide bonds. The van der Waals surface area contributed by atoms with Gasteiger partial charge in [-0.05, 0) is 24.3 Å². The van der Waals surface area contributed by atoms with Crippen LogP contribution in [0.4, 0.5) is 17.1 Å². The number of hydrogen-bond donors (Lipinski definition) is 2. The molecule has 0 aromatic heterocycles. The summed E-state index contributed by atoms with van der Waals surface area (Å²) >= 11 is 0. The first-order valence-corrected chi connectivity index (χ1v) is 4.81. The van der Waals surface area contributed by atoms with E-state index in [4.69, 9.17) is 5.73 Å². The Morgan fingerprint density at radius 3 is 2.38 bits per heavy atom. The minimum Gasteiger partial charge on any atom is -0.506 e. The van der Waals surface area contributed by atoms with Crippen LogP contribution in [0, 0.1) is 0 Å². The van der Waals surface area contributed by atoms with Crippen LogP contribution < -0.4 is 5.73 Å². The third-order valence-corrected chi connectivity index (χ3v) is 2.03. The number of aromatic hydroxyl groups is 1. The first-order chi connectivity index (χ1) is 7.75. The van der Waals surface area contributed by atoms with Crippen molar-refractivity contribution in [3.8, 4) is 5.75 Å². The Morgan fingerprint density at radius 2 is 1.69 bits per heavy atom. The Balaban J connectivity index is 2.24. The molecule has 0 heterocycles. The quantitative estimate of drug-likeness (QED) is 0.592. The first kappa shape index (κ1) is 10.2. The number of nitrogens with two attached hydrogens (primary N) is 1. The number of azo groups is 1. The smallest absolute Gasteiger partial charge is 0.145 e. The summed E-state index contributed by atoms with van der Waals surface area (Å²) in [5.41, 5.74) is 7.13. The van der Waals surface area contributed by atoms with Crippen LogP contribution in [-0.4, -0.2) is 5.11 Å². The zero-order valence-electron chi connectivity index (χ0n) is 8.54. The third-order valence-electron chi connectivity index (χ3n) is 2.03. The van der Waals surface area contributed by atoms with Crippen molar-refractivity contribution in [2.75, 3.05) is 5.73 Å². The van der Waals surface area contributed by atoms with E-state index in [9.17, 15) is 5.11 Å². The lowest BCUT2D eigenvalue weighted by Crippen LogP contribution is -1.81. The minimum absolute atomic E-state index is 0.0275. The highest BCUT2D eigenvalue weighted by molar-refractivity contribution is 5.58. The van der Waals surface area contributed by atoms with Gasteiger partial charge < -0.3 is 10.8 Å². The topological polar surface area (TPSA) is 71.0 Å². The molecule has 0 bridgehead atoms. The van der Waals surface area contributed by atoms with Crippen molar-refractivity contribution in [2.24, 2.45) is 10.2 Å². The number of phenolic OH excluding ortho intramolecular Hbond substituents is 1. The van der Waals surface area contributed by atoms with Crippen molar-refractivity contribution in [1.82, 2.24) is 0 Å². The van der Waals surface area contributed by atoms with E-state index < -0.39 is 0 Å². The zero-order valence-corrected chi connectivity index (χ0v) is 8.54. The number of nitrogens with zero attached hydrogens (tertiary/aromatic N) is 2. The summed E-state index contributed by atoms with van der Waals surface area (Å²) in [4.78, 5) is 0. The number of benzene rings is 2. The molecule has 0 saturated heterocycles. The molecule has 0 atom stereocenters. The van der Waals surface area contributed by atoms with E-state index in [-0.39, 0.29) is 5.75 Å². The predicted molar refractivity (Wildman–Crippen MR) is 63.1 cm³/mol. The molecule has 4 heteroatoms. The van der Waals surface area contributed by atoms with E-state index in [1.165, 1.54) is 6.07 Å². The van der Waals surface area contributed by atoms with Gasteiger partial charge in [0.05, 0.1) is 5.69 Å². The summed E-state index contributed by atoms with van der Waals surface area (Å²) in [5.74, 6) is 0.0275. The molecule has 3 N–H and O–H groups in total. The van der Waals surface area contributed by atoms with Crippen LogP contribution in [-0.2, 0) is 0 Å². The summed E-state index contributed by atoms with van der Waals surface area (Å²) in [6.07, 6.45) is 0. The molecule has 0 aliphatic heterocycles. The van der Waals surface area contributed by atoms with E-state index in [2.05, 4.69) is 10.2 Å². The number of hydrogen-bond acceptors (Lipinski definition) is 4. The van der Waals surface area contributed by atoms with Crippen molar-refractivity contribution in [3.05, 3.63) is 48.5 Å². The lowest BCUT2D eigenvalue weighted by atomic mass is 10.3. The van der Waals surface area contributed by atoms with Crippen LogP contribution in [0.5, 0.6) is 5.75 Å². The monoisotopic (exact) mass is 213 g/mol. The lowest BCUT2D eigenvalue weighted by Gasteiger charge is -1.98. The van der Waals surface area contributed by atoms with Crippen molar-refractivity contribution < 1.29 is 5.11 Å². The molecule has 0 spiro atoms. The summed E-state index contributed by atoms with van der Waals surface area (Å²) in [7, 11) is 0. The molecule has 4 nitrogen and oxygen atoms in total. The fourth-order valence-electron chi connectivity index (χ4n) is 1.23. The molecule has 0 aliphatic carbocycles. The van der Waals surface area contributed by atoms with Gasteiger partial charge in [-0.2, -0.15) is 5.11 Å². The lowest BCUT2D eigenvalue weighted by molar-refractivity contribution is 0.476. The average Bonchev–Trinajstić information content (AvgIpc) is 2.29. The van der Waals surface area contributed by atoms with Crippen LogP contribution >= 0.6 is 0 Å². The van der Waals surface area contributed by atoms with Crippen LogP contribution in [0.15, 0.2) is 58.8 Å². The highest BCUT2D eigenvalue weighted by Gasteiger charge is 1.99. The Bertz CT molecular complexity index is 509. The van der Waals surface area contributed by atoms with Crippen molar-refractivity contribution >= 4 is 17.1 Å². The summed E-state index contributed by atoms with van der Waals surface area (Å²) in [6, 6.07) is 14.0. The second-order valence-corrected chi connectivity index (χ2v) is 3.28. The number of rotatable bonds is 2. The highest BCUT2D eigenvalue weighted by Crippen LogP contribution is 2.29. The molecule has 0 radical (unpaired) electrons. The molecule has 2 aromatic rings. The molecular weight excluding hydrogens is 202 g/mol. The largest absolute Gasteiger partial charge is 0.506 e. The molecule has 0 unspecified atom stereocenters. The van der Waals surface area contributed by atoms with E-state index >= 15 is 0 Å². The van der Waals surface area contributed by atoms with Crippen LogP contribution in [0.1, 0.15) is 0 Å². The Morgan fingerprint density at radius 1 is 0.938 bits per heavy atom. The third kappa shape index (κ3) is 2.36. The molecule has 2 rings (SSSR count). The predicted octanol–water partition coefficient (Wildman–Crippen LogP) is 3.39. The molecule has 0 saturated carbocycles. The Hall–Kier alpha value is -2.36. The fourth-order valence-corrected chi connectivity index (χ4v) is 1.23. The Kier molecular flexibility index (Phi) is 2.82. The van der Waals surface area contributed by atoms with E-state index in [0.717, 1.165) is 5.69 Å². The van der Waals surface area contributed by atoms with Gasteiger partial charge in [-0.1, -0.05) is 18.2 Å². The highest BCUT2D eigenvalue weighted by atomic mass is 16.3. The normalized spacial score (nSPS) is 10.8. The van der Waals surface area contributed by atoms with E-state index in [1.54, 1.807) is 12.1 Å². The van der Waals surface area contributed by atoms with Gasteiger partial charge in [-0.25, -0.2) is 0 Å². The second-order valence-electron chi connectivity index (χ2n) is 3.28. The zero-order chi connectivity index (χ0) is 11.4. The molecule has 0 fully saturated rings. The second kappa shape index (κ2) is 4.44. The van der Waals surface area contributed by atoms with Gasteiger partial charge in [0.2, 0.25) is 0 Å². The van der Waals surface area contributed by atoms with Gasteiger partial charge in [0.15, 0.2) is 0 Å². The minimum atomic E-state index is 0.0275. The van der Waals surface area contributed by atoms with Crippen LogP contribution in [0.2, 0.25) is 0 Å². The number of phenols is 1. The van der Waals surface area contributed by atoms with Gasteiger partial charge in [0, 0.05) is 11.8 Å². The summed E-state index contributed by atoms with van der Waals surface area (Å²) in [6.45, 7) is 0. The van der Waals surface area contributed by atoms with Crippen molar-refractivity contribution in [3.63, 3.8) is 0 Å². The molecule has 2 aromatic carbocycles. The number of nitrogen functional groups attached to an aromatic ring is 1. The van der Waals surface area contributed by atoms with E-state index in [1.807, 2.05) is 30.3 Å². The Labute approximate surface area is 93.1 Å². The maximum absolute atomic E-state index is 9.54. The van der Waals surface area contributed by atoms with E-state index in [0.29, 0.717) is 11.4 Å². The molecule has 16 heavy (non-hydrogen) atoms. The van der Waals surface area contributed by atoms with Gasteiger partial charge in [0.1, 0.15) is 11.4 Å².